The van der Waals surface area contributed by atoms with Crippen molar-refractivity contribution < 1.29 is 14.6 Å². The average Bonchev–Trinajstić information content (AvgIpc) is 3.26. The maximum atomic E-state index is 12.8. The summed E-state index contributed by atoms with van der Waals surface area (Å²) in [6.45, 7) is 4.25. The second-order valence-corrected chi connectivity index (χ2v) is 7.77. The summed E-state index contributed by atoms with van der Waals surface area (Å²) in [4.78, 5) is 21.4. The van der Waals surface area contributed by atoms with Crippen molar-refractivity contribution in [3.8, 4) is 0 Å². The number of aliphatic hydroxyl groups is 1. The van der Waals surface area contributed by atoms with Gasteiger partial charge in [-0.1, -0.05) is 6.07 Å². The normalized spacial score (nSPS) is 24.4. The van der Waals surface area contributed by atoms with Crippen LogP contribution in [0, 0.1) is 0 Å². The minimum atomic E-state index is -0.987. The Morgan fingerprint density at radius 3 is 2.93 bits per heavy atom. The lowest BCUT2D eigenvalue weighted by Crippen LogP contribution is -2.53. The first-order valence-electron chi connectivity index (χ1n) is 9.84. The minimum absolute atomic E-state index is 0.0532. The topological polar surface area (TPSA) is 70.3 Å². The number of imidazole rings is 1. The fraction of sp³-hybridized carbons (Fsp3) is 0.600. The molecule has 7 heteroatoms. The summed E-state index contributed by atoms with van der Waals surface area (Å²) in [6, 6.07) is 5.87. The van der Waals surface area contributed by atoms with Crippen LogP contribution in [0.4, 0.5) is 0 Å². The summed E-state index contributed by atoms with van der Waals surface area (Å²) in [5.41, 5.74) is 0.815. The molecule has 27 heavy (non-hydrogen) atoms. The van der Waals surface area contributed by atoms with Gasteiger partial charge in [-0.05, 0) is 44.5 Å². The Kier molecular flexibility index (Phi) is 5.43. The molecule has 0 bridgehead atoms. The van der Waals surface area contributed by atoms with E-state index in [2.05, 4.69) is 9.88 Å². The highest BCUT2D eigenvalue weighted by Gasteiger charge is 2.36. The third-order valence-corrected chi connectivity index (χ3v) is 5.44. The molecule has 2 fully saturated rings. The highest BCUT2D eigenvalue weighted by molar-refractivity contribution is 5.76. The van der Waals surface area contributed by atoms with Crippen molar-refractivity contribution in [3.63, 3.8) is 0 Å². The average molecular weight is 372 g/mol. The molecule has 2 aliphatic heterocycles. The van der Waals surface area contributed by atoms with Gasteiger partial charge in [0, 0.05) is 31.9 Å². The molecule has 0 aromatic carbocycles. The van der Waals surface area contributed by atoms with Gasteiger partial charge in [0.1, 0.15) is 11.2 Å². The maximum absolute atomic E-state index is 12.8. The molecule has 1 N–H and O–H groups in total. The van der Waals surface area contributed by atoms with Crippen molar-refractivity contribution in [1.29, 1.82) is 0 Å². The number of ether oxygens (including phenoxy) is 1. The van der Waals surface area contributed by atoms with E-state index in [0.29, 0.717) is 45.7 Å². The van der Waals surface area contributed by atoms with Crippen molar-refractivity contribution in [1.82, 2.24) is 19.2 Å². The Bertz CT molecular complexity index is 753. The van der Waals surface area contributed by atoms with Crippen LogP contribution >= 0.6 is 0 Å². The molecule has 146 valence electrons. The van der Waals surface area contributed by atoms with E-state index in [1.54, 1.807) is 4.90 Å². The molecular weight excluding hydrogens is 344 g/mol. The summed E-state index contributed by atoms with van der Waals surface area (Å²) in [5.74, 6) is 0.0532. The molecule has 0 spiro atoms. The predicted octanol–water partition coefficient (Wildman–Crippen LogP) is 0.953. The number of likely N-dealkylation sites (tertiary alicyclic amines) is 1. The third kappa shape index (κ3) is 4.48. The zero-order valence-electron chi connectivity index (χ0n) is 15.7. The second kappa shape index (κ2) is 7.96. The number of β-amino-alcohol motifs (C(OH)–C–C–N with tert-alkyl or cyclic N) is 1. The van der Waals surface area contributed by atoms with Gasteiger partial charge in [-0.3, -0.25) is 4.79 Å². The van der Waals surface area contributed by atoms with Gasteiger partial charge in [-0.25, -0.2) is 4.98 Å². The fourth-order valence-corrected chi connectivity index (χ4v) is 4.08. The van der Waals surface area contributed by atoms with Crippen LogP contribution in [-0.4, -0.2) is 81.7 Å². The first-order chi connectivity index (χ1) is 13.1. The zero-order chi connectivity index (χ0) is 18.7. The second-order valence-electron chi connectivity index (χ2n) is 7.77. The number of fused-ring (bicyclic) bond motifs is 1. The van der Waals surface area contributed by atoms with E-state index in [4.69, 9.17) is 4.74 Å². The van der Waals surface area contributed by atoms with Crippen LogP contribution in [0.1, 0.15) is 25.0 Å². The molecule has 1 atom stereocenters. The quantitative estimate of drug-likeness (QED) is 0.846. The molecule has 0 saturated carbocycles. The van der Waals surface area contributed by atoms with E-state index in [9.17, 15) is 9.90 Å². The van der Waals surface area contributed by atoms with Crippen molar-refractivity contribution in [2.45, 2.75) is 31.3 Å². The smallest absolute Gasteiger partial charge is 0.223 e. The molecule has 2 saturated heterocycles. The summed E-state index contributed by atoms with van der Waals surface area (Å²) < 4.78 is 7.58. The van der Waals surface area contributed by atoms with E-state index >= 15 is 0 Å². The minimum Gasteiger partial charge on any atom is -0.384 e. The molecule has 0 radical (unpaired) electrons. The first-order valence-corrected chi connectivity index (χ1v) is 9.84. The van der Waals surface area contributed by atoms with Crippen LogP contribution in [0.3, 0.4) is 0 Å². The van der Waals surface area contributed by atoms with Gasteiger partial charge in [0.15, 0.2) is 0 Å². The van der Waals surface area contributed by atoms with E-state index in [-0.39, 0.29) is 5.91 Å². The Labute approximate surface area is 159 Å². The number of hydrogen-bond donors (Lipinski definition) is 1. The van der Waals surface area contributed by atoms with Crippen LogP contribution in [0.15, 0.2) is 30.6 Å². The van der Waals surface area contributed by atoms with Gasteiger partial charge in [0.05, 0.1) is 25.5 Å². The van der Waals surface area contributed by atoms with Crippen molar-refractivity contribution in [2.24, 2.45) is 0 Å². The molecule has 1 unspecified atom stereocenters. The van der Waals surface area contributed by atoms with E-state index in [1.165, 1.54) is 12.8 Å². The molecule has 2 aromatic heterocycles. The Morgan fingerprint density at radius 2 is 2.11 bits per heavy atom. The zero-order valence-corrected chi connectivity index (χ0v) is 15.7. The maximum Gasteiger partial charge on any atom is 0.223 e. The van der Waals surface area contributed by atoms with Crippen molar-refractivity contribution in [3.05, 3.63) is 36.3 Å². The molecule has 2 aliphatic rings. The SMILES string of the molecule is O=C(CCc1cn2ccccc2n1)N1CCOCC(O)(CN2CCCC2)C1. The van der Waals surface area contributed by atoms with Crippen molar-refractivity contribution >= 4 is 11.6 Å². The Morgan fingerprint density at radius 1 is 1.26 bits per heavy atom. The number of carbonyl (C=O) groups excluding carboxylic acids is 1. The van der Waals surface area contributed by atoms with Crippen LogP contribution in [0.2, 0.25) is 0 Å². The third-order valence-electron chi connectivity index (χ3n) is 5.44. The fourth-order valence-electron chi connectivity index (χ4n) is 4.08. The first kappa shape index (κ1) is 18.4. The van der Waals surface area contributed by atoms with Crippen LogP contribution < -0.4 is 0 Å². The predicted molar refractivity (Wildman–Crippen MR) is 102 cm³/mol. The number of aryl methyl sites for hydroxylation is 1. The van der Waals surface area contributed by atoms with Gasteiger partial charge in [0.2, 0.25) is 5.91 Å². The van der Waals surface area contributed by atoms with Crippen LogP contribution in [0.25, 0.3) is 5.65 Å². The molecule has 1 amide bonds. The molecule has 0 aliphatic carbocycles. The summed E-state index contributed by atoms with van der Waals surface area (Å²) >= 11 is 0. The number of nitrogens with zero attached hydrogens (tertiary/aromatic N) is 4. The molecule has 7 nitrogen and oxygen atoms in total. The summed E-state index contributed by atoms with van der Waals surface area (Å²) in [5, 5.41) is 11.0. The number of rotatable bonds is 5. The van der Waals surface area contributed by atoms with Gasteiger partial charge in [0.25, 0.3) is 0 Å². The largest absolute Gasteiger partial charge is 0.384 e. The number of aromatic nitrogens is 2. The molecule has 4 heterocycles. The van der Waals surface area contributed by atoms with Crippen LogP contribution in [-0.2, 0) is 16.0 Å². The number of pyridine rings is 1. The lowest BCUT2D eigenvalue weighted by atomic mass is 10.0. The Balaban J connectivity index is 1.36. The van der Waals surface area contributed by atoms with Gasteiger partial charge >= 0.3 is 0 Å². The van der Waals surface area contributed by atoms with Gasteiger partial charge < -0.3 is 24.0 Å². The van der Waals surface area contributed by atoms with Gasteiger partial charge in [-0.15, -0.1) is 0 Å². The molecular formula is C20H28N4O3. The monoisotopic (exact) mass is 372 g/mol. The summed E-state index contributed by atoms with van der Waals surface area (Å²) in [6.07, 6.45) is 7.28. The lowest BCUT2D eigenvalue weighted by molar-refractivity contribution is -0.134. The van der Waals surface area contributed by atoms with Gasteiger partial charge in [-0.2, -0.15) is 0 Å². The molecule has 2 aromatic rings. The summed E-state index contributed by atoms with van der Waals surface area (Å²) in [7, 11) is 0. The van der Waals surface area contributed by atoms with E-state index in [0.717, 1.165) is 24.4 Å². The number of hydrogen-bond acceptors (Lipinski definition) is 5. The van der Waals surface area contributed by atoms with Crippen molar-refractivity contribution in [2.75, 3.05) is 45.9 Å². The highest BCUT2D eigenvalue weighted by Crippen LogP contribution is 2.19. The highest BCUT2D eigenvalue weighted by atomic mass is 16.5. The standard InChI is InChI=1S/C20H28N4O3/c25-19(7-6-17-13-23-10-2-1-5-18(23)21-17)24-11-12-27-16-20(26,15-24)14-22-8-3-4-9-22/h1-2,5,10,13,26H,3-4,6-9,11-12,14-16H2. The number of amides is 1. The Hall–Kier alpha value is -1.96. The van der Waals surface area contributed by atoms with E-state index in [1.807, 2.05) is 35.0 Å². The molecule has 4 rings (SSSR count). The van der Waals surface area contributed by atoms with E-state index < -0.39 is 5.60 Å². The van der Waals surface area contributed by atoms with Crippen LogP contribution in [0.5, 0.6) is 0 Å². The number of carbonyl (C=O) groups is 1. The lowest BCUT2D eigenvalue weighted by Gasteiger charge is -2.34.